The van der Waals surface area contributed by atoms with Gasteiger partial charge in [-0.3, -0.25) is 4.79 Å². The minimum atomic E-state index is -0.222. The summed E-state index contributed by atoms with van der Waals surface area (Å²) in [5.74, 6) is 1.38. The molecule has 150 valence electrons. The van der Waals surface area contributed by atoms with E-state index >= 15 is 0 Å². The SMILES string of the molecule is C[C@@H]1COCCN1c1cc([C@H]2CCN(C)C2=O)nc(-c2ccnc3[nH]ccc23)n1. The molecule has 0 saturated carbocycles. The van der Waals surface area contributed by atoms with Crippen LogP contribution < -0.4 is 4.90 Å². The molecule has 2 aliphatic rings. The van der Waals surface area contributed by atoms with Gasteiger partial charge in [-0.2, -0.15) is 0 Å². The van der Waals surface area contributed by atoms with Gasteiger partial charge < -0.3 is 19.5 Å². The zero-order valence-electron chi connectivity index (χ0n) is 16.6. The number of pyridine rings is 1. The molecule has 0 unspecified atom stereocenters. The molecule has 29 heavy (non-hydrogen) atoms. The van der Waals surface area contributed by atoms with E-state index in [9.17, 15) is 4.79 Å². The molecule has 5 rings (SSSR count). The molecule has 8 nitrogen and oxygen atoms in total. The minimum absolute atomic E-state index is 0.122. The number of nitrogens with one attached hydrogen (secondary N) is 1. The maximum absolute atomic E-state index is 12.7. The average Bonchev–Trinajstić information content (AvgIpc) is 3.35. The lowest BCUT2D eigenvalue weighted by atomic mass is 10.0. The summed E-state index contributed by atoms with van der Waals surface area (Å²) in [4.78, 5) is 34.0. The normalized spacial score (nSPS) is 22.6. The number of likely N-dealkylation sites (tertiary alicyclic amines) is 1. The number of hydrogen-bond donors (Lipinski definition) is 1. The van der Waals surface area contributed by atoms with E-state index in [4.69, 9.17) is 14.7 Å². The maximum atomic E-state index is 12.7. The molecular formula is C21H24N6O2. The Morgan fingerprint density at radius 3 is 2.93 bits per heavy atom. The van der Waals surface area contributed by atoms with Crippen LogP contribution in [0.3, 0.4) is 0 Å². The maximum Gasteiger partial charge on any atom is 0.231 e. The second kappa shape index (κ2) is 7.11. The Bertz CT molecular complexity index is 1060. The number of hydrogen-bond acceptors (Lipinski definition) is 6. The number of ether oxygens (including phenoxy) is 1. The molecule has 0 radical (unpaired) electrons. The van der Waals surface area contributed by atoms with Gasteiger partial charge in [-0.05, 0) is 25.5 Å². The van der Waals surface area contributed by atoms with E-state index in [2.05, 4.69) is 21.8 Å². The third kappa shape index (κ3) is 3.13. The van der Waals surface area contributed by atoms with Gasteiger partial charge in [-0.1, -0.05) is 0 Å². The Morgan fingerprint density at radius 2 is 2.14 bits per heavy atom. The Kier molecular flexibility index (Phi) is 4.43. The lowest BCUT2D eigenvalue weighted by Gasteiger charge is -2.34. The van der Waals surface area contributed by atoms with Gasteiger partial charge in [-0.25, -0.2) is 15.0 Å². The van der Waals surface area contributed by atoms with E-state index in [-0.39, 0.29) is 17.9 Å². The Hall–Kier alpha value is -3.00. The Balaban J connectivity index is 1.66. The number of fused-ring (bicyclic) bond motifs is 1. The van der Waals surface area contributed by atoms with E-state index in [1.165, 1.54) is 0 Å². The summed E-state index contributed by atoms with van der Waals surface area (Å²) in [7, 11) is 1.85. The van der Waals surface area contributed by atoms with Gasteiger partial charge in [-0.15, -0.1) is 0 Å². The Morgan fingerprint density at radius 1 is 1.24 bits per heavy atom. The number of H-pyrrole nitrogens is 1. The molecule has 5 heterocycles. The van der Waals surface area contributed by atoms with Crippen molar-refractivity contribution in [3.05, 3.63) is 36.3 Å². The van der Waals surface area contributed by atoms with Crippen LogP contribution >= 0.6 is 0 Å². The highest BCUT2D eigenvalue weighted by Crippen LogP contribution is 2.32. The molecule has 0 spiro atoms. The minimum Gasteiger partial charge on any atom is -0.377 e. The number of likely N-dealkylation sites (N-methyl/N-ethyl adjacent to an activating group) is 1. The monoisotopic (exact) mass is 392 g/mol. The first-order valence-corrected chi connectivity index (χ1v) is 10.0. The Labute approximate surface area is 168 Å². The molecule has 2 saturated heterocycles. The summed E-state index contributed by atoms with van der Waals surface area (Å²) in [6, 6.07) is 6.12. The lowest BCUT2D eigenvalue weighted by Crippen LogP contribution is -2.44. The van der Waals surface area contributed by atoms with Crippen LogP contribution in [-0.2, 0) is 9.53 Å². The first-order chi connectivity index (χ1) is 14.1. The van der Waals surface area contributed by atoms with Crippen molar-refractivity contribution in [1.82, 2.24) is 24.8 Å². The van der Waals surface area contributed by atoms with Crippen LogP contribution in [0.15, 0.2) is 30.6 Å². The van der Waals surface area contributed by atoms with E-state index in [1.807, 2.05) is 31.4 Å². The topological polar surface area (TPSA) is 87.2 Å². The third-order valence-electron chi connectivity index (χ3n) is 5.88. The van der Waals surface area contributed by atoms with Crippen molar-refractivity contribution in [2.75, 3.05) is 38.3 Å². The van der Waals surface area contributed by atoms with E-state index in [0.717, 1.165) is 47.6 Å². The highest BCUT2D eigenvalue weighted by molar-refractivity contribution is 5.91. The van der Waals surface area contributed by atoms with E-state index in [0.29, 0.717) is 19.0 Å². The van der Waals surface area contributed by atoms with E-state index in [1.54, 1.807) is 11.1 Å². The van der Waals surface area contributed by atoms with Crippen LogP contribution in [0.2, 0.25) is 0 Å². The number of morpholine rings is 1. The van der Waals surface area contributed by atoms with Gasteiger partial charge in [0.1, 0.15) is 11.5 Å². The average molecular weight is 392 g/mol. The van der Waals surface area contributed by atoms with Crippen molar-refractivity contribution < 1.29 is 9.53 Å². The van der Waals surface area contributed by atoms with Crippen molar-refractivity contribution in [1.29, 1.82) is 0 Å². The summed E-state index contributed by atoms with van der Waals surface area (Å²) < 4.78 is 5.60. The van der Waals surface area contributed by atoms with Crippen molar-refractivity contribution in [2.24, 2.45) is 0 Å². The zero-order chi connectivity index (χ0) is 20.0. The summed E-state index contributed by atoms with van der Waals surface area (Å²) in [6.07, 6.45) is 4.40. The number of nitrogens with zero attached hydrogens (tertiary/aromatic N) is 5. The van der Waals surface area contributed by atoms with Crippen LogP contribution in [0.5, 0.6) is 0 Å². The summed E-state index contributed by atoms with van der Waals surface area (Å²) in [5, 5.41) is 0.973. The molecule has 2 aliphatic heterocycles. The van der Waals surface area contributed by atoms with Gasteiger partial charge in [0, 0.05) is 49.5 Å². The zero-order valence-corrected chi connectivity index (χ0v) is 16.6. The molecule has 0 aromatic carbocycles. The van der Waals surface area contributed by atoms with Crippen molar-refractivity contribution in [3.8, 4) is 11.4 Å². The molecule has 0 aliphatic carbocycles. The number of amides is 1. The first-order valence-electron chi connectivity index (χ1n) is 10.0. The quantitative estimate of drug-likeness (QED) is 0.735. The lowest BCUT2D eigenvalue weighted by molar-refractivity contribution is -0.127. The van der Waals surface area contributed by atoms with Crippen LogP contribution in [0.25, 0.3) is 22.4 Å². The van der Waals surface area contributed by atoms with Gasteiger partial charge in [0.2, 0.25) is 5.91 Å². The number of rotatable bonds is 3. The fraction of sp³-hybridized carbons (Fsp3) is 0.429. The fourth-order valence-corrected chi connectivity index (χ4v) is 4.22. The second-order valence-electron chi connectivity index (χ2n) is 7.79. The third-order valence-corrected chi connectivity index (χ3v) is 5.88. The smallest absolute Gasteiger partial charge is 0.231 e. The first kappa shape index (κ1) is 18.1. The van der Waals surface area contributed by atoms with Crippen LogP contribution in [-0.4, -0.2) is 70.1 Å². The van der Waals surface area contributed by atoms with E-state index < -0.39 is 0 Å². The molecular weight excluding hydrogens is 368 g/mol. The number of carbonyl (C=O) groups excluding carboxylic acids is 1. The molecule has 1 amide bonds. The molecule has 0 bridgehead atoms. The van der Waals surface area contributed by atoms with Gasteiger partial charge in [0.15, 0.2) is 5.82 Å². The molecule has 2 atom stereocenters. The summed E-state index contributed by atoms with van der Waals surface area (Å²) in [5.41, 5.74) is 2.51. The predicted molar refractivity (Wildman–Crippen MR) is 110 cm³/mol. The van der Waals surface area contributed by atoms with Gasteiger partial charge >= 0.3 is 0 Å². The van der Waals surface area contributed by atoms with Crippen molar-refractivity contribution in [3.63, 3.8) is 0 Å². The number of carbonyl (C=O) groups is 1. The molecule has 3 aromatic rings. The predicted octanol–water partition coefficient (Wildman–Crippen LogP) is 2.19. The number of anilines is 1. The summed E-state index contributed by atoms with van der Waals surface area (Å²) in [6.45, 7) is 4.99. The van der Waals surface area contributed by atoms with Crippen molar-refractivity contribution >= 4 is 22.8 Å². The molecule has 8 heteroatoms. The fourth-order valence-electron chi connectivity index (χ4n) is 4.22. The van der Waals surface area contributed by atoms with Gasteiger partial charge in [0.05, 0.1) is 30.9 Å². The molecule has 1 N–H and O–H groups in total. The summed E-state index contributed by atoms with van der Waals surface area (Å²) >= 11 is 0. The van der Waals surface area contributed by atoms with Crippen LogP contribution in [0.4, 0.5) is 5.82 Å². The van der Waals surface area contributed by atoms with Crippen LogP contribution in [0, 0.1) is 0 Å². The second-order valence-corrected chi connectivity index (χ2v) is 7.79. The largest absolute Gasteiger partial charge is 0.377 e. The van der Waals surface area contributed by atoms with Crippen molar-refractivity contribution in [2.45, 2.75) is 25.3 Å². The highest BCUT2D eigenvalue weighted by Gasteiger charge is 2.33. The van der Waals surface area contributed by atoms with Gasteiger partial charge in [0.25, 0.3) is 0 Å². The molecule has 2 fully saturated rings. The highest BCUT2D eigenvalue weighted by atomic mass is 16.5. The number of aromatic nitrogens is 4. The molecule has 3 aromatic heterocycles. The van der Waals surface area contributed by atoms with Crippen LogP contribution in [0.1, 0.15) is 25.0 Å². The standard InChI is InChI=1S/C21H24N6O2/c1-13-12-29-10-9-27(13)18-11-17(16-5-8-26(2)21(16)28)24-20(25-18)15-4-7-23-19-14(15)3-6-22-19/h3-4,6-7,11,13,16H,5,8-10,12H2,1-2H3,(H,22,23)/t13-,16-/m1/s1. The number of aromatic amines is 1.